The molecule has 2 aromatic rings. The number of amides is 3. The summed E-state index contributed by atoms with van der Waals surface area (Å²) in [5.74, 6) is 0.625. The molecule has 2 saturated heterocycles. The van der Waals surface area contributed by atoms with E-state index < -0.39 is 0 Å². The predicted molar refractivity (Wildman–Crippen MR) is 134 cm³/mol. The van der Waals surface area contributed by atoms with Gasteiger partial charge in [0, 0.05) is 43.3 Å². The molecule has 0 bridgehead atoms. The van der Waals surface area contributed by atoms with Gasteiger partial charge in [-0.1, -0.05) is 35.9 Å². The van der Waals surface area contributed by atoms with Crippen LogP contribution in [0.15, 0.2) is 48.5 Å². The van der Waals surface area contributed by atoms with Gasteiger partial charge in [-0.2, -0.15) is 0 Å². The lowest BCUT2D eigenvalue weighted by Crippen LogP contribution is -2.51. The van der Waals surface area contributed by atoms with Gasteiger partial charge in [0.15, 0.2) is 0 Å². The van der Waals surface area contributed by atoms with E-state index in [1.54, 1.807) is 12.0 Å². The van der Waals surface area contributed by atoms with Gasteiger partial charge in [0.25, 0.3) is 5.91 Å². The van der Waals surface area contributed by atoms with E-state index in [1.807, 2.05) is 60.4 Å². The molecule has 2 aromatic carbocycles. The molecule has 7 nitrogen and oxygen atoms in total. The van der Waals surface area contributed by atoms with Crippen molar-refractivity contribution in [3.63, 3.8) is 0 Å². The van der Waals surface area contributed by atoms with Crippen LogP contribution in [-0.2, 0) is 16.0 Å². The van der Waals surface area contributed by atoms with Gasteiger partial charge >= 0.3 is 0 Å². The van der Waals surface area contributed by atoms with Crippen LogP contribution < -0.4 is 10.1 Å². The molecule has 2 heterocycles. The number of carbonyl (C=O) groups excluding carboxylic acids is 3. The molecule has 0 saturated carbocycles. The molecule has 1 atom stereocenters. The summed E-state index contributed by atoms with van der Waals surface area (Å²) in [7, 11) is 1.61. The number of rotatable bonds is 6. The molecule has 2 aliphatic rings. The number of hydrogen-bond donors (Lipinski definition) is 1. The van der Waals surface area contributed by atoms with E-state index in [9.17, 15) is 14.4 Å². The van der Waals surface area contributed by atoms with Crippen molar-refractivity contribution in [2.24, 2.45) is 5.92 Å². The van der Waals surface area contributed by atoms with Crippen LogP contribution in [0, 0.1) is 12.8 Å². The largest absolute Gasteiger partial charge is 0.496 e. The molecule has 2 aliphatic heterocycles. The zero-order valence-electron chi connectivity index (χ0n) is 20.7. The van der Waals surface area contributed by atoms with E-state index in [1.165, 1.54) is 0 Å². The Morgan fingerprint density at radius 1 is 0.943 bits per heavy atom. The van der Waals surface area contributed by atoms with Crippen LogP contribution in [0.1, 0.15) is 47.2 Å². The molecular formula is C28H35N3O4. The van der Waals surface area contributed by atoms with Crippen molar-refractivity contribution < 1.29 is 19.1 Å². The summed E-state index contributed by atoms with van der Waals surface area (Å²) in [5.41, 5.74) is 2.67. The van der Waals surface area contributed by atoms with Crippen molar-refractivity contribution in [2.75, 3.05) is 33.3 Å². The van der Waals surface area contributed by atoms with Gasteiger partial charge in [0.2, 0.25) is 11.8 Å². The topological polar surface area (TPSA) is 79.0 Å². The first-order chi connectivity index (χ1) is 16.9. The Morgan fingerprint density at radius 3 is 2.37 bits per heavy atom. The Bertz CT molecular complexity index is 1040. The monoisotopic (exact) mass is 477 g/mol. The molecule has 0 aromatic heterocycles. The van der Waals surface area contributed by atoms with Crippen LogP contribution in [0.25, 0.3) is 0 Å². The smallest absolute Gasteiger partial charge is 0.253 e. The van der Waals surface area contributed by atoms with Crippen molar-refractivity contribution in [1.29, 1.82) is 0 Å². The summed E-state index contributed by atoms with van der Waals surface area (Å²) < 4.78 is 5.36. The van der Waals surface area contributed by atoms with E-state index in [0.717, 1.165) is 42.6 Å². The number of nitrogens with one attached hydrogen (secondary N) is 1. The van der Waals surface area contributed by atoms with Gasteiger partial charge in [-0.3, -0.25) is 14.4 Å². The van der Waals surface area contributed by atoms with E-state index in [4.69, 9.17) is 4.74 Å². The molecule has 186 valence electrons. The van der Waals surface area contributed by atoms with Gasteiger partial charge in [-0.15, -0.1) is 0 Å². The standard InChI is InChI=1S/C28H35N3O4/c1-20-9-11-21(12-10-20)28(34)31-15-5-7-23(19-31)27(33)29-24-13-16-30(17-14-24)26(32)18-22-6-3-4-8-25(22)35-2/h3-4,6,8-12,23-24H,5,7,13-19H2,1-2H3,(H,29,33). The first-order valence-electron chi connectivity index (χ1n) is 12.5. The molecule has 0 spiro atoms. The Hall–Kier alpha value is -3.35. The lowest BCUT2D eigenvalue weighted by atomic mass is 9.95. The number of carbonyl (C=O) groups is 3. The quantitative estimate of drug-likeness (QED) is 0.693. The highest BCUT2D eigenvalue weighted by Crippen LogP contribution is 2.22. The number of likely N-dealkylation sites (tertiary alicyclic amines) is 2. The zero-order chi connectivity index (χ0) is 24.8. The molecule has 0 radical (unpaired) electrons. The van der Waals surface area contributed by atoms with Crippen LogP contribution in [0.3, 0.4) is 0 Å². The van der Waals surface area contributed by atoms with Crippen molar-refractivity contribution >= 4 is 17.7 Å². The number of para-hydroxylation sites is 1. The van der Waals surface area contributed by atoms with Crippen LogP contribution in [0.4, 0.5) is 0 Å². The zero-order valence-corrected chi connectivity index (χ0v) is 20.7. The second-order valence-corrected chi connectivity index (χ2v) is 9.61. The Balaban J connectivity index is 1.25. The van der Waals surface area contributed by atoms with E-state index in [-0.39, 0.29) is 29.7 Å². The highest BCUT2D eigenvalue weighted by molar-refractivity contribution is 5.94. The maximum absolute atomic E-state index is 13.0. The van der Waals surface area contributed by atoms with Crippen molar-refractivity contribution in [3.8, 4) is 5.75 Å². The number of benzene rings is 2. The number of nitrogens with zero attached hydrogens (tertiary/aromatic N) is 2. The fourth-order valence-electron chi connectivity index (χ4n) is 4.97. The molecule has 0 aliphatic carbocycles. The fraction of sp³-hybridized carbons (Fsp3) is 0.464. The summed E-state index contributed by atoms with van der Waals surface area (Å²) in [5, 5.41) is 3.19. The summed E-state index contributed by atoms with van der Waals surface area (Å²) in [6.45, 7) is 4.39. The maximum Gasteiger partial charge on any atom is 0.253 e. The molecule has 3 amide bonds. The van der Waals surface area contributed by atoms with Gasteiger partial charge in [0.05, 0.1) is 19.4 Å². The summed E-state index contributed by atoms with van der Waals surface area (Å²) in [6, 6.07) is 15.2. The summed E-state index contributed by atoms with van der Waals surface area (Å²) in [4.78, 5) is 42.4. The number of piperidine rings is 2. The van der Waals surface area contributed by atoms with Crippen LogP contribution in [-0.4, -0.2) is 66.9 Å². The van der Waals surface area contributed by atoms with Crippen molar-refractivity contribution in [3.05, 3.63) is 65.2 Å². The first kappa shape index (κ1) is 24.8. The van der Waals surface area contributed by atoms with Crippen molar-refractivity contribution in [1.82, 2.24) is 15.1 Å². The molecule has 35 heavy (non-hydrogen) atoms. The second-order valence-electron chi connectivity index (χ2n) is 9.61. The van der Waals surface area contributed by atoms with Gasteiger partial charge in [0.1, 0.15) is 5.75 Å². The lowest BCUT2D eigenvalue weighted by molar-refractivity contribution is -0.132. The van der Waals surface area contributed by atoms with E-state index in [2.05, 4.69) is 5.32 Å². The molecule has 2 fully saturated rings. The van der Waals surface area contributed by atoms with Gasteiger partial charge in [-0.25, -0.2) is 0 Å². The van der Waals surface area contributed by atoms with E-state index >= 15 is 0 Å². The minimum absolute atomic E-state index is 0.00985. The van der Waals surface area contributed by atoms with Crippen LogP contribution in [0.5, 0.6) is 5.75 Å². The molecule has 7 heteroatoms. The Morgan fingerprint density at radius 2 is 1.66 bits per heavy atom. The third-order valence-corrected chi connectivity index (χ3v) is 7.11. The predicted octanol–water partition coefficient (Wildman–Crippen LogP) is 3.21. The highest BCUT2D eigenvalue weighted by Gasteiger charge is 2.31. The first-order valence-corrected chi connectivity index (χ1v) is 12.5. The number of aryl methyl sites for hydroxylation is 1. The number of hydrogen-bond acceptors (Lipinski definition) is 4. The van der Waals surface area contributed by atoms with E-state index in [0.29, 0.717) is 38.2 Å². The fourth-order valence-corrected chi connectivity index (χ4v) is 4.97. The second kappa shape index (κ2) is 11.4. The number of methoxy groups -OCH3 is 1. The van der Waals surface area contributed by atoms with Gasteiger partial charge in [-0.05, 0) is 50.8 Å². The Labute approximate surface area is 207 Å². The van der Waals surface area contributed by atoms with Gasteiger partial charge < -0.3 is 19.9 Å². The third kappa shape index (κ3) is 6.21. The lowest BCUT2D eigenvalue weighted by Gasteiger charge is -2.35. The number of ether oxygens (including phenoxy) is 1. The summed E-state index contributed by atoms with van der Waals surface area (Å²) >= 11 is 0. The molecule has 1 unspecified atom stereocenters. The average Bonchev–Trinajstić information content (AvgIpc) is 2.89. The normalized spacial score (nSPS) is 18.7. The minimum atomic E-state index is -0.191. The van der Waals surface area contributed by atoms with Crippen LogP contribution in [0.2, 0.25) is 0 Å². The molecule has 4 rings (SSSR count). The highest BCUT2D eigenvalue weighted by atomic mass is 16.5. The molecule has 1 N–H and O–H groups in total. The SMILES string of the molecule is COc1ccccc1CC(=O)N1CCC(NC(=O)C2CCCN(C(=O)c3ccc(C)cc3)C2)CC1. The maximum atomic E-state index is 13.0. The average molecular weight is 478 g/mol. The molecular weight excluding hydrogens is 442 g/mol. The minimum Gasteiger partial charge on any atom is -0.496 e. The Kier molecular flexibility index (Phi) is 8.06. The third-order valence-electron chi connectivity index (χ3n) is 7.11. The van der Waals surface area contributed by atoms with Crippen LogP contribution >= 0.6 is 0 Å². The van der Waals surface area contributed by atoms with Crippen molar-refractivity contribution in [2.45, 2.75) is 45.1 Å². The summed E-state index contributed by atoms with van der Waals surface area (Å²) in [6.07, 6.45) is 3.41.